The molecule has 0 aromatic heterocycles. The van der Waals surface area contributed by atoms with Crippen molar-refractivity contribution in [3.63, 3.8) is 0 Å². The third-order valence-electron chi connectivity index (χ3n) is 5.28. The second-order valence-corrected chi connectivity index (χ2v) is 6.91. The first-order valence-corrected chi connectivity index (χ1v) is 9.44. The molecule has 0 unspecified atom stereocenters. The summed E-state index contributed by atoms with van der Waals surface area (Å²) in [6.45, 7) is 5.19. The number of rotatable bonds is 6. The fourth-order valence-corrected chi connectivity index (χ4v) is 3.55. The average Bonchev–Trinajstić information content (AvgIpc) is 2.73. The van der Waals surface area contributed by atoms with Crippen LogP contribution in [-0.2, 0) is 4.79 Å². The Bertz CT molecular complexity index is 819. The maximum Gasteiger partial charge on any atom is 0.282 e. The normalized spacial score (nSPS) is 15.8. The molecule has 3 rings (SSSR count). The Morgan fingerprint density at radius 1 is 1.11 bits per heavy atom. The van der Waals surface area contributed by atoms with Gasteiger partial charge in [0.25, 0.3) is 5.91 Å². The van der Waals surface area contributed by atoms with E-state index in [1.54, 1.807) is 38.5 Å². The number of carbonyl (C=O) groups is 1. The Hall–Kier alpha value is -2.93. The van der Waals surface area contributed by atoms with Crippen LogP contribution in [0, 0.1) is 0 Å². The number of amides is 1. The molecule has 2 aromatic rings. The van der Waals surface area contributed by atoms with Crippen molar-refractivity contribution in [3.8, 4) is 17.2 Å². The zero-order valence-electron chi connectivity index (χ0n) is 16.6. The predicted molar refractivity (Wildman–Crippen MR) is 109 cm³/mol. The molecule has 0 saturated carbocycles. The number of benzene rings is 2. The lowest BCUT2D eigenvalue weighted by molar-refractivity contribution is -0.914. The number of phenols is 1. The van der Waals surface area contributed by atoms with Crippen molar-refractivity contribution in [1.29, 1.82) is 0 Å². The number of nitrogens with one attached hydrogen (secondary N) is 2. The number of ether oxygens (including phenoxy) is 2. The quantitative estimate of drug-likeness (QED) is 0.694. The van der Waals surface area contributed by atoms with E-state index in [0.29, 0.717) is 22.9 Å². The first-order valence-electron chi connectivity index (χ1n) is 9.44. The summed E-state index contributed by atoms with van der Waals surface area (Å²) in [4.78, 5) is 16.1. The standard InChI is InChI=1S/C21H27N3O4/c1-15(21(26)22-16-8-9-19(27-2)20(14-16)28-3)23-10-12-24(13-11-23)17-6-4-5-7-18(17)25/h4-9,14-15,25H,10-13H2,1-3H3,(H,22,26)/p+1/t15-/m1/s1. The van der Waals surface area contributed by atoms with Crippen LogP contribution in [0.2, 0.25) is 0 Å². The molecule has 1 heterocycles. The zero-order valence-corrected chi connectivity index (χ0v) is 16.6. The van der Waals surface area contributed by atoms with Gasteiger partial charge in [0.2, 0.25) is 0 Å². The molecule has 0 bridgehead atoms. The van der Waals surface area contributed by atoms with Crippen LogP contribution in [0.5, 0.6) is 17.2 Å². The summed E-state index contributed by atoms with van der Waals surface area (Å²) in [6.07, 6.45) is 0. The highest BCUT2D eigenvalue weighted by Gasteiger charge is 2.30. The molecule has 3 N–H and O–H groups in total. The number of quaternary nitrogens is 1. The van der Waals surface area contributed by atoms with Gasteiger partial charge in [0.1, 0.15) is 5.75 Å². The van der Waals surface area contributed by atoms with E-state index in [-0.39, 0.29) is 11.9 Å². The van der Waals surface area contributed by atoms with Gasteiger partial charge < -0.3 is 29.7 Å². The minimum atomic E-state index is -0.181. The van der Waals surface area contributed by atoms with Gasteiger partial charge in [-0.05, 0) is 31.2 Å². The molecular weight excluding hydrogens is 358 g/mol. The Kier molecular flexibility index (Phi) is 6.26. The number of phenolic OH excluding ortho intramolecular Hbond substituents is 1. The number of para-hydroxylation sites is 2. The van der Waals surface area contributed by atoms with Crippen molar-refractivity contribution in [2.75, 3.05) is 50.6 Å². The molecule has 0 radical (unpaired) electrons. The Morgan fingerprint density at radius 2 is 1.79 bits per heavy atom. The van der Waals surface area contributed by atoms with Gasteiger partial charge in [-0.25, -0.2) is 0 Å². The van der Waals surface area contributed by atoms with Gasteiger partial charge >= 0.3 is 0 Å². The molecule has 2 aromatic carbocycles. The fraction of sp³-hybridized carbons (Fsp3) is 0.381. The minimum absolute atomic E-state index is 0.0294. The number of hydrogen-bond acceptors (Lipinski definition) is 5. The number of methoxy groups -OCH3 is 2. The van der Waals surface area contributed by atoms with E-state index in [1.165, 1.54) is 4.90 Å². The molecule has 1 saturated heterocycles. The molecule has 150 valence electrons. The van der Waals surface area contributed by atoms with Crippen molar-refractivity contribution in [2.24, 2.45) is 0 Å². The van der Waals surface area contributed by atoms with Crippen LogP contribution in [0.3, 0.4) is 0 Å². The third-order valence-corrected chi connectivity index (χ3v) is 5.28. The van der Waals surface area contributed by atoms with E-state index in [9.17, 15) is 9.90 Å². The van der Waals surface area contributed by atoms with Gasteiger partial charge in [-0.15, -0.1) is 0 Å². The molecule has 7 heteroatoms. The molecule has 1 aliphatic rings. The van der Waals surface area contributed by atoms with Crippen molar-refractivity contribution >= 4 is 17.3 Å². The molecule has 7 nitrogen and oxygen atoms in total. The summed E-state index contributed by atoms with van der Waals surface area (Å²) in [7, 11) is 3.15. The van der Waals surface area contributed by atoms with Gasteiger partial charge in [-0.2, -0.15) is 0 Å². The van der Waals surface area contributed by atoms with Gasteiger partial charge in [0, 0.05) is 11.8 Å². The number of carbonyl (C=O) groups excluding carboxylic acids is 1. The third kappa shape index (κ3) is 4.31. The molecule has 1 fully saturated rings. The summed E-state index contributed by atoms with van der Waals surface area (Å²) < 4.78 is 10.5. The molecular formula is C21H28N3O4+. The second kappa shape index (κ2) is 8.84. The van der Waals surface area contributed by atoms with Crippen LogP contribution in [0.25, 0.3) is 0 Å². The van der Waals surface area contributed by atoms with Crippen LogP contribution >= 0.6 is 0 Å². The Balaban J connectivity index is 1.58. The maximum absolute atomic E-state index is 12.7. The number of aromatic hydroxyl groups is 1. The van der Waals surface area contributed by atoms with Gasteiger partial charge in [0.15, 0.2) is 17.5 Å². The van der Waals surface area contributed by atoms with Crippen LogP contribution in [-0.4, -0.2) is 57.5 Å². The van der Waals surface area contributed by atoms with Crippen LogP contribution in [0.4, 0.5) is 11.4 Å². The molecule has 1 amide bonds. The summed E-state index contributed by atoms with van der Waals surface area (Å²) >= 11 is 0. The molecule has 0 spiro atoms. The summed E-state index contributed by atoms with van der Waals surface area (Å²) in [5.74, 6) is 1.47. The average molecular weight is 386 g/mol. The maximum atomic E-state index is 12.7. The van der Waals surface area contributed by atoms with Crippen LogP contribution in [0.15, 0.2) is 42.5 Å². The predicted octanol–water partition coefficient (Wildman–Crippen LogP) is 1.14. The number of hydrogen-bond donors (Lipinski definition) is 3. The monoisotopic (exact) mass is 386 g/mol. The molecule has 28 heavy (non-hydrogen) atoms. The summed E-state index contributed by atoms with van der Waals surface area (Å²) in [6, 6.07) is 12.5. The second-order valence-electron chi connectivity index (χ2n) is 6.91. The van der Waals surface area contributed by atoms with Crippen LogP contribution in [0.1, 0.15) is 6.92 Å². The first kappa shape index (κ1) is 19.8. The fourth-order valence-electron chi connectivity index (χ4n) is 3.55. The van der Waals surface area contributed by atoms with E-state index in [0.717, 1.165) is 31.9 Å². The topological polar surface area (TPSA) is 75.5 Å². The largest absolute Gasteiger partial charge is 0.506 e. The molecule has 1 atom stereocenters. The highest BCUT2D eigenvalue weighted by Crippen LogP contribution is 2.29. The lowest BCUT2D eigenvalue weighted by Crippen LogP contribution is -3.19. The zero-order chi connectivity index (χ0) is 20.1. The van der Waals surface area contributed by atoms with E-state index in [1.807, 2.05) is 25.1 Å². The van der Waals surface area contributed by atoms with E-state index < -0.39 is 0 Å². The lowest BCUT2D eigenvalue weighted by atomic mass is 10.2. The van der Waals surface area contributed by atoms with Gasteiger partial charge in [-0.1, -0.05) is 12.1 Å². The molecule has 1 aliphatic heterocycles. The smallest absolute Gasteiger partial charge is 0.282 e. The number of anilines is 2. The lowest BCUT2D eigenvalue weighted by Gasteiger charge is -2.36. The van der Waals surface area contributed by atoms with Crippen LogP contribution < -0.4 is 24.6 Å². The Labute approximate surface area is 165 Å². The van der Waals surface area contributed by atoms with Crippen molar-refractivity contribution < 1.29 is 24.3 Å². The van der Waals surface area contributed by atoms with E-state index in [4.69, 9.17) is 9.47 Å². The summed E-state index contributed by atoms with van der Waals surface area (Å²) in [5.41, 5.74) is 1.53. The Morgan fingerprint density at radius 3 is 2.43 bits per heavy atom. The van der Waals surface area contributed by atoms with Gasteiger partial charge in [-0.3, -0.25) is 4.79 Å². The van der Waals surface area contributed by atoms with Crippen molar-refractivity contribution in [1.82, 2.24) is 0 Å². The highest BCUT2D eigenvalue weighted by atomic mass is 16.5. The SMILES string of the molecule is COc1ccc(NC(=O)[C@@H](C)[NH+]2CCN(c3ccccc3O)CC2)cc1OC. The first-order chi connectivity index (χ1) is 13.5. The van der Waals surface area contributed by atoms with Crippen molar-refractivity contribution in [2.45, 2.75) is 13.0 Å². The van der Waals surface area contributed by atoms with Crippen molar-refractivity contribution in [3.05, 3.63) is 42.5 Å². The summed E-state index contributed by atoms with van der Waals surface area (Å²) in [5, 5.41) is 13.0. The highest BCUT2D eigenvalue weighted by molar-refractivity contribution is 5.94. The number of nitrogens with zero attached hydrogens (tertiary/aromatic N) is 1. The van der Waals surface area contributed by atoms with Gasteiger partial charge in [0.05, 0.1) is 46.1 Å². The molecule has 0 aliphatic carbocycles. The minimum Gasteiger partial charge on any atom is -0.506 e. The van der Waals surface area contributed by atoms with E-state index in [2.05, 4.69) is 10.2 Å². The van der Waals surface area contributed by atoms with E-state index >= 15 is 0 Å². The number of piperazine rings is 1.